The zero-order valence-electron chi connectivity index (χ0n) is 14.7. The number of hydrogen-bond donors (Lipinski definition) is 0. The number of Topliss-reactive ketones (excluding diaryl/α,β-unsaturated/α-hetero) is 1. The summed E-state index contributed by atoms with van der Waals surface area (Å²) in [6.45, 7) is 18.1. The fourth-order valence-corrected chi connectivity index (χ4v) is 2.13. The van der Waals surface area contributed by atoms with Crippen LogP contribution in [-0.4, -0.2) is 11.6 Å². The molecule has 0 saturated heterocycles. The van der Waals surface area contributed by atoms with Crippen molar-refractivity contribution in [3.63, 3.8) is 0 Å². The van der Waals surface area contributed by atoms with Crippen LogP contribution in [0.15, 0.2) is 12.2 Å². The summed E-state index contributed by atoms with van der Waals surface area (Å²) in [7, 11) is 0. The molecule has 0 bridgehead atoms. The minimum absolute atomic E-state index is 0. The van der Waals surface area contributed by atoms with Crippen molar-refractivity contribution in [3.05, 3.63) is 12.2 Å². The highest BCUT2D eigenvalue weighted by molar-refractivity contribution is 5.94. The standard InChI is InChI=1S/C18H32O2.CH4/c1-12(2)15(19)10-11-18(8,9)16(20)13(3)14(4)17(5,6)7;/h10-14H,1-9H3;1H4/b11-10+;. The van der Waals surface area contributed by atoms with E-state index in [1.165, 1.54) is 0 Å². The fourth-order valence-electron chi connectivity index (χ4n) is 2.13. The van der Waals surface area contributed by atoms with Gasteiger partial charge in [0.1, 0.15) is 5.78 Å². The highest BCUT2D eigenvalue weighted by Crippen LogP contribution is 2.36. The van der Waals surface area contributed by atoms with Gasteiger partial charge >= 0.3 is 0 Å². The lowest BCUT2D eigenvalue weighted by Crippen LogP contribution is -2.36. The maximum Gasteiger partial charge on any atom is 0.157 e. The molecule has 0 aromatic carbocycles. The van der Waals surface area contributed by atoms with Gasteiger partial charge in [-0.1, -0.05) is 62.0 Å². The van der Waals surface area contributed by atoms with Gasteiger partial charge in [0.15, 0.2) is 5.78 Å². The third-order valence-corrected chi connectivity index (χ3v) is 4.40. The second-order valence-corrected chi connectivity index (χ2v) is 7.92. The molecule has 0 aliphatic heterocycles. The van der Waals surface area contributed by atoms with Crippen molar-refractivity contribution in [3.8, 4) is 0 Å². The van der Waals surface area contributed by atoms with Crippen molar-refractivity contribution in [1.29, 1.82) is 0 Å². The van der Waals surface area contributed by atoms with E-state index in [1.807, 2.05) is 34.6 Å². The Morgan fingerprint density at radius 1 is 0.905 bits per heavy atom. The molecule has 0 heterocycles. The van der Waals surface area contributed by atoms with E-state index in [0.29, 0.717) is 5.92 Å². The quantitative estimate of drug-likeness (QED) is 0.622. The summed E-state index contributed by atoms with van der Waals surface area (Å²) in [5.74, 6) is 0.519. The molecular weight excluding hydrogens is 260 g/mol. The van der Waals surface area contributed by atoms with Crippen LogP contribution in [0.3, 0.4) is 0 Å². The largest absolute Gasteiger partial charge is 0.298 e. The van der Waals surface area contributed by atoms with Crippen LogP contribution in [-0.2, 0) is 9.59 Å². The maximum absolute atomic E-state index is 12.7. The smallest absolute Gasteiger partial charge is 0.157 e. The van der Waals surface area contributed by atoms with Gasteiger partial charge in [-0.05, 0) is 31.3 Å². The van der Waals surface area contributed by atoms with Crippen LogP contribution in [0.4, 0.5) is 0 Å². The van der Waals surface area contributed by atoms with Crippen LogP contribution in [0.2, 0.25) is 0 Å². The van der Waals surface area contributed by atoms with E-state index in [4.69, 9.17) is 0 Å². The van der Waals surface area contributed by atoms with E-state index in [1.54, 1.807) is 12.2 Å². The van der Waals surface area contributed by atoms with Gasteiger partial charge in [0.05, 0.1) is 0 Å². The number of rotatable bonds is 6. The first kappa shape index (κ1) is 22.4. The predicted molar refractivity (Wildman–Crippen MR) is 92.3 cm³/mol. The van der Waals surface area contributed by atoms with Crippen molar-refractivity contribution >= 4 is 11.6 Å². The summed E-state index contributed by atoms with van der Waals surface area (Å²) < 4.78 is 0. The lowest BCUT2D eigenvalue weighted by atomic mass is 9.69. The average Bonchev–Trinajstić information content (AvgIpc) is 2.31. The summed E-state index contributed by atoms with van der Waals surface area (Å²) in [5.41, 5.74) is -0.494. The molecule has 0 fully saturated rings. The molecule has 2 heteroatoms. The van der Waals surface area contributed by atoms with Gasteiger partial charge in [-0.2, -0.15) is 0 Å². The molecule has 0 saturated carbocycles. The molecule has 2 atom stereocenters. The molecule has 0 aliphatic carbocycles. The lowest BCUT2D eigenvalue weighted by Gasteiger charge is -2.35. The number of allylic oxidation sites excluding steroid dienone is 2. The molecule has 21 heavy (non-hydrogen) atoms. The van der Waals surface area contributed by atoms with Gasteiger partial charge in [-0.25, -0.2) is 0 Å². The van der Waals surface area contributed by atoms with Gasteiger partial charge < -0.3 is 0 Å². The first-order valence-electron chi connectivity index (χ1n) is 7.58. The van der Waals surface area contributed by atoms with Crippen molar-refractivity contribution in [1.82, 2.24) is 0 Å². The summed E-state index contributed by atoms with van der Waals surface area (Å²) in [6, 6.07) is 0. The summed E-state index contributed by atoms with van der Waals surface area (Å²) >= 11 is 0. The fraction of sp³-hybridized carbons (Fsp3) is 0.789. The highest BCUT2D eigenvalue weighted by Gasteiger charge is 2.36. The number of hydrogen-bond acceptors (Lipinski definition) is 2. The SMILES string of the molecule is C.CC(C)C(=O)/C=C/C(C)(C)C(=O)C(C)C(C)C(C)(C)C. The van der Waals surface area contributed by atoms with Gasteiger partial charge in [-0.15, -0.1) is 0 Å². The molecule has 0 amide bonds. The second kappa shape index (κ2) is 7.91. The molecule has 0 aliphatic rings. The number of carbonyl (C=O) groups is 2. The molecular formula is C19H36O2. The number of carbonyl (C=O) groups excluding carboxylic acids is 2. The zero-order chi connectivity index (χ0) is 16.3. The topological polar surface area (TPSA) is 34.1 Å². The molecule has 0 N–H and O–H groups in total. The Morgan fingerprint density at radius 2 is 1.33 bits per heavy atom. The first-order chi connectivity index (χ1) is 8.80. The van der Waals surface area contributed by atoms with Gasteiger partial charge in [0, 0.05) is 17.3 Å². The summed E-state index contributed by atoms with van der Waals surface area (Å²) in [6.07, 6.45) is 3.33. The van der Waals surface area contributed by atoms with Crippen LogP contribution >= 0.6 is 0 Å². The Labute approximate surface area is 132 Å². The van der Waals surface area contributed by atoms with Crippen LogP contribution in [0, 0.1) is 28.6 Å². The van der Waals surface area contributed by atoms with E-state index in [-0.39, 0.29) is 36.2 Å². The van der Waals surface area contributed by atoms with Crippen molar-refractivity contribution in [2.45, 2.75) is 69.7 Å². The third-order valence-electron chi connectivity index (χ3n) is 4.40. The summed E-state index contributed by atoms with van der Waals surface area (Å²) in [5, 5.41) is 0. The molecule has 124 valence electrons. The average molecular weight is 296 g/mol. The van der Waals surface area contributed by atoms with E-state index >= 15 is 0 Å². The normalized spacial score (nSPS) is 15.7. The van der Waals surface area contributed by atoms with Gasteiger partial charge in [0.2, 0.25) is 0 Å². The monoisotopic (exact) mass is 296 g/mol. The first-order valence-corrected chi connectivity index (χ1v) is 7.58. The van der Waals surface area contributed by atoms with Crippen LogP contribution < -0.4 is 0 Å². The number of ketones is 2. The molecule has 0 rings (SSSR count). The summed E-state index contributed by atoms with van der Waals surface area (Å²) in [4.78, 5) is 24.3. The third kappa shape index (κ3) is 6.58. The van der Waals surface area contributed by atoms with E-state index in [0.717, 1.165) is 0 Å². The molecule has 0 radical (unpaired) electrons. The van der Waals surface area contributed by atoms with Gasteiger partial charge in [0.25, 0.3) is 0 Å². The zero-order valence-corrected chi connectivity index (χ0v) is 14.7. The Bertz CT molecular complexity index is 381. The van der Waals surface area contributed by atoms with Gasteiger partial charge in [-0.3, -0.25) is 9.59 Å². The van der Waals surface area contributed by atoms with E-state index in [9.17, 15) is 9.59 Å². The van der Waals surface area contributed by atoms with Crippen molar-refractivity contribution in [2.75, 3.05) is 0 Å². The second-order valence-electron chi connectivity index (χ2n) is 7.92. The van der Waals surface area contributed by atoms with Crippen molar-refractivity contribution < 1.29 is 9.59 Å². The molecule has 0 aromatic rings. The molecule has 2 unspecified atom stereocenters. The molecule has 0 spiro atoms. The molecule has 2 nitrogen and oxygen atoms in total. The highest BCUT2D eigenvalue weighted by atomic mass is 16.1. The molecule has 0 aromatic heterocycles. The minimum atomic E-state index is -0.594. The Balaban J connectivity index is 0. The minimum Gasteiger partial charge on any atom is -0.298 e. The Hall–Kier alpha value is -0.920. The van der Waals surface area contributed by atoms with E-state index in [2.05, 4.69) is 27.7 Å². The van der Waals surface area contributed by atoms with Crippen molar-refractivity contribution in [2.24, 2.45) is 28.6 Å². The Morgan fingerprint density at radius 3 is 1.67 bits per heavy atom. The van der Waals surface area contributed by atoms with E-state index < -0.39 is 5.41 Å². The van der Waals surface area contributed by atoms with Crippen LogP contribution in [0.25, 0.3) is 0 Å². The van der Waals surface area contributed by atoms with Crippen LogP contribution in [0.5, 0.6) is 0 Å². The predicted octanol–water partition coefficient (Wildman–Crippen LogP) is 5.32. The lowest BCUT2D eigenvalue weighted by molar-refractivity contribution is -0.131. The van der Waals surface area contributed by atoms with Crippen LogP contribution in [0.1, 0.15) is 69.7 Å². The Kier molecular flexibility index (Phi) is 8.42. The maximum atomic E-state index is 12.7.